The number of benzene rings is 2. The Hall–Kier alpha value is -2.83. The summed E-state index contributed by atoms with van der Waals surface area (Å²) in [5.74, 6) is 0.375. The number of methoxy groups -OCH3 is 1. The molecule has 0 radical (unpaired) electrons. The maximum atomic E-state index is 12.8. The molecule has 1 aliphatic rings. The third kappa shape index (κ3) is 4.92. The summed E-state index contributed by atoms with van der Waals surface area (Å²) in [6.07, 6.45) is 3.51. The zero-order valence-corrected chi connectivity index (χ0v) is 18.2. The van der Waals surface area contributed by atoms with Crippen LogP contribution in [0.15, 0.2) is 57.7 Å². The molecular weight excluding hydrogens is 416 g/mol. The normalized spacial score (nSPS) is 15.5. The van der Waals surface area contributed by atoms with Crippen LogP contribution in [0.25, 0.3) is 11.0 Å². The topological polar surface area (TPSA) is 71.8 Å². The van der Waals surface area contributed by atoms with Crippen LogP contribution in [-0.4, -0.2) is 37.6 Å². The average molecular weight is 441 g/mol. The summed E-state index contributed by atoms with van der Waals surface area (Å²) in [6.45, 7) is 2.38. The first kappa shape index (κ1) is 21.4. The molecule has 2 heterocycles. The van der Waals surface area contributed by atoms with Crippen LogP contribution in [0, 0.1) is 0 Å². The fourth-order valence-corrected chi connectivity index (χ4v) is 4.20. The second-order valence-corrected chi connectivity index (χ2v) is 8.15. The fraction of sp³-hybridized carbons (Fsp3) is 0.333. The summed E-state index contributed by atoms with van der Waals surface area (Å²) in [4.78, 5) is 27.6. The lowest BCUT2D eigenvalue weighted by Crippen LogP contribution is -2.40. The van der Waals surface area contributed by atoms with Crippen molar-refractivity contribution in [2.24, 2.45) is 0 Å². The van der Waals surface area contributed by atoms with E-state index in [1.165, 1.54) is 12.5 Å². The molecule has 0 aliphatic carbocycles. The standard InChI is InChI=1S/C24H25ClN2O4/c1-30-18-8-5-16(6-9-18)20(27-11-3-2-4-12-27)15-26-24(29)23-14-21(28)19-13-17(25)7-10-22(19)31-23/h5-10,13-14,20H,2-4,11-12,15H2,1H3,(H,26,29)/t20-/m0/s1. The summed E-state index contributed by atoms with van der Waals surface area (Å²) >= 11 is 5.96. The summed E-state index contributed by atoms with van der Waals surface area (Å²) in [5.41, 5.74) is 1.15. The molecule has 1 saturated heterocycles. The Kier molecular flexibility index (Phi) is 6.59. The predicted molar refractivity (Wildman–Crippen MR) is 121 cm³/mol. The minimum Gasteiger partial charge on any atom is -0.497 e. The molecule has 31 heavy (non-hydrogen) atoms. The number of hydrogen-bond donors (Lipinski definition) is 1. The van der Waals surface area contributed by atoms with Gasteiger partial charge in [-0.3, -0.25) is 14.5 Å². The molecule has 7 heteroatoms. The average Bonchev–Trinajstić information content (AvgIpc) is 2.80. The molecule has 3 aromatic rings. The molecule has 2 aromatic carbocycles. The van der Waals surface area contributed by atoms with Gasteiger partial charge < -0.3 is 14.5 Å². The van der Waals surface area contributed by atoms with Crippen LogP contribution in [-0.2, 0) is 0 Å². The van der Waals surface area contributed by atoms with Crippen molar-refractivity contribution in [2.75, 3.05) is 26.7 Å². The van der Waals surface area contributed by atoms with Gasteiger partial charge in [0.15, 0.2) is 11.2 Å². The van der Waals surface area contributed by atoms with Crippen molar-refractivity contribution in [3.8, 4) is 5.75 Å². The SMILES string of the molecule is COc1ccc([C@H](CNC(=O)c2cc(=O)c3cc(Cl)ccc3o2)N2CCCCC2)cc1. The van der Waals surface area contributed by atoms with Crippen LogP contribution in [0.2, 0.25) is 5.02 Å². The lowest BCUT2D eigenvalue weighted by molar-refractivity contribution is 0.0897. The third-order valence-electron chi connectivity index (χ3n) is 5.70. The number of nitrogens with one attached hydrogen (secondary N) is 1. The van der Waals surface area contributed by atoms with E-state index in [2.05, 4.69) is 10.2 Å². The number of amides is 1. The van der Waals surface area contributed by atoms with Crippen LogP contribution < -0.4 is 15.5 Å². The minimum absolute atomic E-state index is 0.00746. The van der Waals surface area contributed by atoms with Crippen molar-refractivity contribution in [1.82, 2.24) is 10.2 Å². The van der Waals surface area contributed by atoms with Crippen LogP contribution in [0.1, 0.15) is 41.4 Å². The van der Waals surface area contributed by atoms with Crippen LogP contribution in [0.5, 0.6) is 5.75 Å². The summed E-state index contributed by atoms with van der Waals surface area (Å²) in [5, 5.41) is 3.76. The number of carbonyl (C=O) groups is 1. The van der Waals surface area contributed by atoms with Crippen LogP contribution in [0.4, 0.5) is 0 Å². The Morgan fingerprint density at radius 1 is 1.13 bits per heavy atom. The lowest BCUT2D eigenvalue weighted by atomic mass is 10.0. The highest BCUT2D eigenvalue weighted by Gasteiger charge is 2.24. The molecule has 0 saturated carbocycles. The van der Waals surface area contributed by atoms with Crippen LogP contribution >= 0.6 is 11.6 Å². The van der Waals surface area contributed by atoms with Gasteiger partial charge in [0.05, 0.1) is 18.5 Å². The van der Waals surface area contributed by atoms with Crippen LogP contribution in [0.3, 0.4) is 0 Å². The number of piperidine rings is 1. The Morgan fingerprint density at radius 3 is 2.58 bits per heavy atom. The zero-order valence-electron chi connectivity index (χ0n) is 17.4. The molecule has 1 fully saturated rings. The van der Waals surface area contributed by atoms with Gasteiger partial charge in [-0.25, -0.2) is 0 Å². The van der Waals surface area contributed by atoms with Gasteiger partial charge in [-0.2, -0.15) is 0 Å². The summed E-state index contributed by atoms with van der Waals surface area (Å²) in [7, 11) is 1.64. The quantitative estimate of drug-likeness (QED) is 0.614. The van der Waals surface area contributed by atoms with E-state index in [4.69, 9.17) is 20.8 Å². The highest BCUT2D eigenvalue weighted by molar-refractivity contribution is 6.31. The first-order valence-electron chi connectivity index (χ1n) is 10.4. The van der Waals surface area contributed by atoms with Gasteiger partial charge in [0.25, 0.3) is 5.91 Å². The molecule has 1 atom stereocenters. The summed E-state index contributed by atoms with van der Waals surface area (Å²) < 4.78 is 10.9. The van der Waals surface area contributed by atoms with E-state index in [0.717, 1.165) is 37.2 Å². The van der Waals surface area contributed by atoms with Gasteiger partial charge in [0.2, 0.25) is 0 Å². The van der Waals surface area contributed by atoms with Gasteiger partial charge in [-0.15, -0.1) is 0 Å². The second-order valence-electron chi connectivity index (χ2n) is 7.71. The monoisotopic (exact) mass is 440 g/mol. The molecule has 1 N–H and O–H groups in total. The maximum absolute atomic E-state index is 12.8. The van der Waals surface area contributed by atoms with E-state index >= 15 is 0 Å². The van der Waals surface area contributed by atoms with Gasteiger partial charge in [-0.1, -0.05) is 30.2 Å². The second kappa shape index (κ2) is 9.54. The molecule has 6 nitrogen and oxygen atoms in total. The third-order valence-corrected chi connectivity index (χ3v) is 5.94. The number of hydrogen-bond acceptors (Lipinski definition) is 5. The smallest absolute Gasteiger partial charge is 0.287 e. The fourth-order valence-electron chi connectivity index (χ4n) is 4.03. The Morgan fingerprint density at radius 2 is 1.87 bits per heavy atom. The number of carbonyl (C=O) groups excluding carboxylic acids is 1. The van der Waals surface area contributed by atoms with E-state index < -0.39 is 5.91 Å². The molecule has 1 amide bonds. The predicted octanol–water partition coefficient (Wildman–Crippen LogP) is 4.41. The van der Waals surface area contributed by atoms with Crippen molar-refractivity contribution >= 4 is 28.5 Å². The first-order valence-corrected chi connectivity index (χ1v) is 10.8. The highest BCUT2D eigenvalue weighted by atomic mass is 35.5. The van der Waals surface area contributed by atoms with Gasteiger partial charge in [0.1, 0.15) is 11.3 Å². The molecule has 4 rings (SSSR count). The minimum atomic E-state index is -0.413. The Bertz CT molecular complexity index is 1120. The first-order chi connectivity index (χ1) is 15.0. The van der Waals surface area contributed by atoms with E-state index in [-0.39, 0.29) is 17.2 Å². The molecule has 0 spiro atoms. The van der Waals surface area contributed by atoms with Crippen molar-refractivity contribution in [3.05, 3.63) is 75.1 Å². The van der Waals surface area contributed by atoms with E-state index in [1.54, 1.807) is 25.3 Å². The molecule has 0 unspecified atom stereocenters. The van der Waals surface area contributed by atoms with Crippen molar-refractivity contribution in [2.45, 2.75) is 25.3 Å². The number of rotatable bonds is 6. The van der Waals surface area contributed by atoms with Gasteiger partial charge in [0, 0.05) is 17.6 Å². The Labute approximate surface area is 185 Å². The molecule has 162 valence electrons. The number of fused-ring (bicyclic) bond motifs is 1. The molecule has 0 bridgehead atoms. The zero-order chi connectivity index (χ0) is 21.8. The van der Waals surface area contributed by atoms with E-state index in [1.807, 2.05) is 24.3 Å². The lowest BCUT2D eigenvalue weighted by Gasteiger charge is -2.35. The Balaban J connectivity index is 1.54. The summed E-state index contributed by atoms with van der Waals surface area (Å²) in [6, 6.07) is 13.9. The van der Waals surface area contributed by atoms with Crippen molar-refractivity contribution < 1.29 is 13.9 Å². The number of likely N-dealkylation sites (tertiary alicyclic amines) is 1. The van der Waals surface area contributed by atoms with E-state index in [9.17, 15) is 9.59 Å². The van der Waals surface area contributed by atoms with E-state index in [0.29, 0.717) is 22.5 Å². The van der Waals surface area contributed by atoms with Crippen molar-refractivity contribution in [3.63, 3.8) is 0 Å². The highest BCUT2D eigenvalue weighted by Crippen LogP contribution is 2.26. The molecular formula is C24H25ClN2O4. The maximum Gasteiger partial charge on any atom is 0.287 e. The van der Waals surface area contributed by atoms with Gasteiger partial charge >= 0.3 is 0 Å². The molecule has 1 aromatic heterocycles. The van der Waals surface area contributed by atoms with Gasteiger partial charge in [-0.05, 0) is 61.8 Å². The largest absolute Gasteiger partial charge is 0.497 e. The number of nitrogens with zero attached hydrogens (tertiary/aromatic N) is 1. The number of ether oxygens (including phenoxy) is 1. The van der Waals surface area contributed by atoms with Crippen molar-refractivity contribution in [1.29, 1.82) is 0 Å². The number of halogens is 1. The molecule has 1 aliphatic heterocycles.